The van der Waals surface area contributed by atoms with Crippen molar-refractivity contribution in [3.8, 4) is 0 Å². The van der Waals surface area contributed by atoms with Crippen molar-refractivity contribution in [2.45, 2.75) is 31.6 Å². The molecule has 0 saturated heterocycles. The predicted molar refractivity (Wildman–Crippen MR) is 71.8 cm³/mol. The molecule has 1 aromatic carbocycles. The Morgan fingerprint density at radius 2 is 1.89 bits per heavy atom. The molecule has 0 radical (unpaired) electrons. The highest BCUT2D eigenvalue weighted by Crippen LogP contribution is 2.14. The van der Waals surface area contributed by atoms with Gasteiger partial charge in [-0.15, -0.1) is 0 Å². The van der Waals surface area contributed by atoms with E-state index in [0.29, 0.717) is 18.5 Å². The minimum atomic E-state index is -3.19. The van der Waals surface area contributed by atoms with E-state index in [2.05, 4.69) is 5.32 Å². The van der Waals surface area contributed by atoms with Crippen molar-refractivity contribution >= 4 is 9.84 Å². The zero-order chi connectivity index (χ0) is 14.6. The Morgan fingerprint density at radius 1 is 1.26 bits per heavy atom. The van der Waals surface area contributed by atoms with Crippen LogP contribution in [-0.2, 0) is 16.3 Å². The first-order valence-electron chi connectivity index (χ1n) is 6.12. The number of hydrogen-bond acceptors (Lipinski definition) is 3. The van der Waals surface area contributed by atoms with Crippen LogP contribution in [0.1, 0.15) is 19.4 Å². The highest BCUT2D eigenvalue weighted by Gasteiger charge is 2.25. The van der Waals surface area contributed by atoms with E-state index >= 15 is 0 Å². The van der Waals surface area contributed by atoms with Gasteiger partial charge in [-0.05, 0) is 37.6 Å². The molecule has 108 valence electrons. The fraction of sp³-hybridized carbons (Fsp3) is 0.538. The van der Waals surface area contributed by atoms with Crippen LogP contribution in [0.3, 0.4) is 0 Å². The van der Waals surface area contributed by atoms with Gasteiger partial charge in [0, 0.05) is 12.3 Å². The van der Waals surface area contributed by atoms with Gasteiger partial charge in [0.1, 0.15) is 0 Å². The lowest BCUT2D eigenvalue weighted by molar-refractivity contribution is 0.486. The van der Waals surface area contributed by atoms with Gasteiger partial charge in [0.05, 0.1) is 5.25 Å². The van der Waals surface area contributed by atoms with Crippen LogP contribution in [0.4, 0.5) is 8.78 Å². The van der Waals surface area contributed by atoms with E-state index in [0.717, 1.165) is 12.1 Å². The molecule has 0 saturated carbocycles. The highest BCUT2D eigenvalue weighted by molar-refractivity contribution is 7.91. The van der Waals surface area contributed by atoms with E-state index in [1.54, 1.807) is 6.92 Å². The largest absolute Gasteiger partial charge is 0.313 e. The summed E-state index contributed by atoms with van der Waals surface area (Å²) in [4.78, 5) is 0. The molecule has 6 heteroatoms. The number of rotatable bonds is 6. The van der Waals surface area contributed by atoms with Crippen molar-refractivity contribution in [2.75, 3.05) is 12.8 Å². The molecule has 0 heterocycles. The monoisotopic (exact) mass is 291 g/mol. The SMILES string of the molecule is CCNC(Cc1ccc(F)c(F)c1)C(C)S(C)(=O)=O. The minimum Gasteiger partial charge on any atom is -0.313 e. The summed E-state index contributed by atoms with van der Waals surface area (Å²) in [5.74, 6) is -1.82. The fourth-order valence-corrected chi connectivity index (χ4v) is 2.67. The number of likely N-dealkylation sites (N-methyl/N-ethyl adjacent to an activating group) is 1. The first kappa shape index (κ1) is 16.0. The van der Waals surface area contributed by atoms with Gasteiger partial charge in [0.25, 0.3) is 0 Å². The highest BCUT2D eigenvalue weighted by atomic mass is 32.2. The molecule has 0 aliphatic heterocycles. The average Bonchev–Trinajstić information content (AvgIpc) is 2.31. The standard InChI is InChI=1S/C13H19F2NO2S/c1-4-16-13(9(2)19(3,17)18)8-10-5-6-11(14)12(15)7-10/h5-7,9,13,16H,4,8H2,1-3H3. The van der Waals surface area contributed by atoms with E-state index < -0.39 is 26.7 Å². The topological polar surface area (TPSA) is 46.2 Å². The molecule has 0 aromatic heterocycles. The summed E-state index contributed by atoms with van der Waals surface area (Å²) < 4.78 is 49.2. The minimum absolute atomic E-state index is 0.329. The van der Waals surface area contributed by atoms with Gasteiger partial charge in [-0.25, -0.2) is 17.2 Å². The second-order valence-electron chi connectivity index (χ2n) is 4.65. The first-order valence-corrected chi connectivity index (χ1v) is 8.07. The summed E-state index contributed by atoms with van der Waals surface area (Å²) in [7, 11) is -3.19. The normalized spacial score (nSPS) is 15.2. The molecular formula is C13H19F2NO2S. The van der Waals surface area contributed by atoms with E-state index in [9.17, 15) is 17.2 Å². The van der Waals surface area contributed by atoms with E-state index in [1.807, 2.05) is 6.92 Å². The molecule has 3 nitrogen and oxygen atoms in total. The summed E-state index contributed by atoms with van der Waals surface area (Å²) in [6.45, 7) is 4.09. The molecule has 0 spiro atoms. The Labute approximate surface area is 112 Å². The maximum atomic E-state index is 13.1. The van der Waals surface area contributed by atoms with E-state index in [4.69, 9.17) is 0 Å². The van der Waals surface area contributed by atoms with Crippen LogP contribution in [0.25, 0.3) is 0 Å². The van der Waals surface area contributed by atoms with E-state index in [-0.39, 0.29) is 6.04 Å². The van der Waals surface area contributed by atoms with Crippen LogP contribution < -0.4 is 5.32 Å². The van der Waals surface area contributed by atoms with Gasteiger partial charge in [-0.3, -0.25) is 0 Å². The lowest BCUT2D eigenvalue weighted by atomic mass is 10.0. The van der Waals surface area contributed by atoms with Crippen molar-refractivity contribution < 1.29 is 17.2 Å². The molecule has 0 fully saturated rings. The van der Waals surface area contributed by atoms with Crippen LogP contribution in [0, 0.1) is 11.6 Å². The van der Waals surface area contributed by atoms with Crippen LogP contribution in [0.2, 0.25) is 0 Å². The van der Waals surface area contributed by atoms with Crippen molar-refractivity contribution in [1.29, 1.82) is 0 Å². The number of hydrogen-bond donors (Lipinski definition) is 1. The molecule has 2 unspecified atom stereocenters. The van der Waals surface area contributed by atoms with Crippen LogP contribution in [0.5, 0.6) is 0 Å². The van der Waals surface area contributed by atoms with Crippen LogP contribution in [0.15, 0.2) is 18.2 Å². The molecule has 19 heavy (non-hydrogen) atoms. The fourth-order valence-electron chi connectivity index (χ4n) is 1.89. The molecule has 2 atom stereocenters. The predicted octanol–water partition coefficient (Wildman–Crippen LogP) is 1.92. The van der Waals surface area contributed by atoms with Crippen molar-refractivity contribution in [3.63, 3.8) is 0 Å². The molecule has 1 aromatic rings. The molecule has 0 aliphatic carbocycles. The van der Waals surface area contributed by atoms with Crippen molar-refractivity contribution in [3.05, 3.63) is 35.4 Å². The molecule has 0 bridgehead atoms. The van der Waals surface area contributed by atoms with Gasteiger partial charge in [0.2, 0.25) is 0 Å². The van der Waals surface area contributed by atoms with Gasteiger partial charge >= 0.3 is 0 Å². The van der Waals surface area contributed by atoms with Crippen molar-refractivity contribution in [1.82, 2.24) is 5.32 Å². The van der Waals surface area contributed by atoms with E-state index in [1.165, 1.54) is 12.3 Å². The summed E-state index contributed by atoms with van der Waals surface area (Å²) in [5.41, 5.74) is 0.570. The molecular weight excluding hydrogens is 272 g/mol. The van der Waals surface area contributed by atoms with Crippen LogP contribution in [-0.4, -0.2) is 32.5 Å². The van der Waals surface area contributed by atoms with Gasteiger partial charge in [-0.2, -0.15) is 0 Å². The number of benzene rings is 1. The Morgan fingerprint density at radius 3 is 2.37 bits per heavy atom. The second kappa shape index (κ2) is 6.43. The maximum absolute atomic E-state index is 13.1. The molecule has 1 rings (SSSR count). The van der Waals surface area contributed by atoms with Gasteiger partial charge in [-0.1, -0.05) is 13.0 Å². The summed E-state index contributed by atoms with van der Waals surface area (Å²) in [6, 6.07) is 3.30. The number of nitrogens with one attached hydrogen (secondary N) is 1. The Bertz CT molecular complexity index is 531. The Balaban J connectivity index is 2.92. The zero-order valence-corrected chi connectivity index (χ0v) is 12.1. The molecule has 1 N–H and O–H groups in total. The number of halogens is 2. The molecule has 0 amide bonds. The summed E-state index contributed by atoms with van der Waals surface area (Å²) in [6.07, 6.45) is 1.51. The van der Waals surface area contributed by atoms with Crippen molar-refractivity contribution in [2.24, 2.45) is 0 Å². The first-order chi connectivity index (χ1) is 8.75. The van der Waals surface area contributed by atoms with Crippen LogP contribution >= 0.6 is 0 Å². The summed E-state index contributed by atoms with van der Waals surface area (Å²) in [5, 5.41) is 2.48. The smallest absolute Gasteiger partial charge is 0.159 e. The Hall–Kier alpha value is -1.01. The third-order valence-electron chi connectivity index (χ3n) is 3.15. The Kier molecular flexibility index (Phi) is 5.43. The van der Waals surface area contributed by atoms with Gasteiger partial charge < -0.3 is 5.32 Å². The zero-order valence-electron chi connectivity index (χ0n) is 11.3. The molecule has 0 aliphatic rings. The second-order valence-corrected chi connectivity index (χ2v) is 7.05. The average molecular weight is 291 g/mol. The summed E-state index contributed by atoms with van der Waals surface area (Å²) >= 11 is 0. The lowest BCUT2D eigenvalue weighted by Crippen LogP contribution is -2.43. The third kappa shape index (κ3) is 4.54. The third-order valence-corrected chi connectivity index (χ3v) is 4.83. The number of sulfone groups is 1. The van der Waals surface area contributed by atoms with Gasteiger partial charge in [0.15, 0.2) is 21.5 Å². The maximum Gasteiger partial charge on any atom is 0.159 e. The lowest BCUT2D eigenvalue weighted by Gasteiger charge is -2.23. The quantitative estimate of drug-likeness (QED) is 0.871.